The highest BCUT2D eigenvalue weighted by atomic mass is 79.9. The van der Waals surface area contributed by atoms with Gasteiger partial charge in [-0.15, -0.1) is 0 Å². The number of hydrogen-bond acceptors (Lipinski definition) is 2. The highest BCUT2D eigenvalue weighted by Crippen LogP contribution is 2.30. The lowest BCUT2D eigenvalue weighted by atomic mass is 10.0. The second kappa shape index (κ2) is 5.25. The van der Waals surface area contributed by atoms with Gasteiger partial charge in [0.2, 0.25) is 0 Å². The molecular formula is C12H8Br2FNO. The average molecular weight is 361 g/mol. The molecule has 1 heterocycles. The van der Waals surface area contributed by atoms with Crippen LogP contribution in [0.2, 0.25) is 0 Å². The highest BCUT2D eigenvalue weighted by molar-refractivity contribution is 9.11. The zero-order chi connectivity index (χ0) is 12.4. The van der Waals surface area contributed by atoms with Crippen LogP contribution in [0.3, 0.4) is 0 Å². The van der Waals surface area contributed by atoms with Crippen molar-refractivity contribution in [2.45, 2.75) is 6.10 Å². The van der Waals surface area contributed by atoms with E-state index in [4.69, 9.17) is 0 Å². The Labute approximate surface area is 115 Å². The molecule has 1 atom stereocenters. The molecule has 0 aliphatic carbocycles. The molecule has 0 saturated heterocycles. The Kier molecular flexibility index (Phi) is 3.91. The van der Waals surface area contributed by atoms with Crippen molar-refractivity contribution in [1.82, 2.24) is 4.98 Å². The first-order valence-electron chi connectivity index (χ1n) is 4.81. The second-order valence-corrected chi connectivity index (χ2v) is 5.27. The summed E-state index contributed by atoms with van der Waals surface area (Å²) in [6.07, 6.45) is 1.65. The van der Waals surface area contributed by atoms with Crippen LogP contribution < -0.4 is 0 Å². The van der Waals surface area contributed by atoms with Gasteiger partial charge in [0.1, 0.15) is 11.9 Å². The molecule has 0 saturated carbocycles. The first-order valence-corrected chi connectivity index (χ1v) is 6.40. The van der Waals surface area contributed by atoms with Gasteiger partial charge in [-0.2, -0.15) is 0 Å². The van der Waals surface area contributed by atoms with Gasteiger partial charge in [0.05, 0.1) is 6.20 Å². The normalized spacial score (nSPS) is 12.5. The molecule has 0 fully saturated rings. The molecular weight excluding hydrogens is 353 g/mol. The van der Waals surface area contributed by atoms with Gasteiger partial charge in [0, 0.05) is 20.7 Å². The largest absolute Gasteiger partial charge is 0.384 e. The summed E-state index contributed by atoms with van der Waals surface area (Å²) >= 11 is 6.69. The van der Waals surface area contributed by atoms with Gasteiger partial charge in [0.15, 0.2) is 0 Å². The monoisotopic (exact) mass is 359 g/mol. The van der Waals surface area contributed by atoms with Crippen molar-refractivity contribution in [2.75, 3.05) is 0 Å². The van der Waals surface area contributed by atoms with Crippen LogP contribution in [-0.4, -0.2) is 10.1 Å². The lowest BCUT2D eigenvalue weighted by molar-refractivity contribution is 0.218. The summed E-state index contributed by atoms with van der Waals surface area (Å²) in [5.41, 5.74) is 1.09. The van der Waals surface area contributed by atoms with Gasteiger partial charge in [0.25, 0.3) is 0 Å². The maximum Gasteiger partial charge on any atom is 0.141 e. The Morgan fingerprint density at radius 2 is 1.94 bits per heavy atom. The summed E-state index contributed by atoms with van der Waals surface area (Å²) in [7, 11) is 0. The van der Waals surface area contributed by atoms with E-state index in [0.29, 0.717) is 11.1 Å². The Morgan fingerprint density at radius 1 is 1.18 bits per heavy atom. The van der Waals surface area contributed by atoms with Crippen molar-refractivity contribution in [1.29, 1.82) is 0 Å². The van der Waals surface area contributed by atoms with Crippen molar-refractivity contribution in [3.8, 4) is 0 Å². The van der Waals surface area contributed by atoms with E-state index in [0.717, 1.165) is 15.1 Å². The Bertz CT molecular complexity index is 548. The van der Waals surface area contributed by atoms with Crippen molar-refractivity contribution in [3.63, 3.8) is 0 Å². The van der Waals surface area contributed by atoms with E-state index in [1.807, 2.05) is 12.1 Å². The van der Waals surface area contributed by atoms with E-state index in [9.17, 15) is 9.50 Å². The number of hydrogen-bond donors (Lipinski definition) is 1. The average Bonchev–Trinajstić information content (AvgIpc) is 2.28. The van der Waals surface area contributed by atoms with Gasteiger partial charge >= 0.3 is 0 Å². The number of pyridine rings is 1. The molecule has 0 radical (unpaired) electrons. The predicted molar refractivity (Wildman–Crippen MR) is 70.1 cm³/mol. The van der Waals surface area contributed by atoms with E-state index in [1.54, 1.807) is 6.07 Å². The maximum absolute atomic E-state index is 13.0. The van der Waals surface area contributed by atoms with Crippen LogP contribution in [0.4, 0.5) is 4.39 Å². The fraction of sp³-hybridized carbons (Fsp3) is 0.0833. The molecule has 1 aromatic heterocycles. The predicted octanol–water partition coefficient (Wildman–Crippen LogP) is 3.83. The summed E-state index contributed by atoms with van der Waals surface area (Å²) in [5, 5.41) is 10.1. The number of aliphatic hydroxyl groups is 1. The zero-order valence-corrected chi connectivity index (χ0v) is 11.7. The number of nitrogens with zero attached hydrogens (tertiary/aromatic N) is 1. The number of aliphatic hydroxyl groups excluding tert-OH is 1. The molecule has 1 unspecified atom stereocenters. The lowest BCUT2D eigenvalue weighted by Crippen LogP contribution is -2.01. The molecule has 5 heteroatoms. The lowest BCUT2D eigenvalue weighted by Gasteiger charge is -2.13. The first-order chi connectivity index (χ1) is 8.08. The number of benzene rings is 1. The molecule has 2 aromatic rings. The van der Waals surface area contributed by atoms with Crippen molar-refractivity contribution >= 4 is 31.9 Å². The molecule has 2 nitrogen and oxygen atoms in total. The van der Waals surface area contributed by atoms with Crippen LogP contribution in [0.5, 0.6) is 0 Å². The number of halogens is 3. The highest BCUT2D eigenvalue weighted by Gasteiger charge is 2.14. The van der Waals surface area contributed by atoms with Crippen LogP contribution in [-0.2, 0) is 0 Å². The third-order valence-electron chi connectivity index (χ3n) is 2.30. The molecule has 1 N–H and O–H groups in total. The molecule has 1 aromatic carbocycles. The van der Waals surface area contributed by atoms with Crippen molar-refractivity contribution in [3.05, 3.63) is 62.5 Å². The smallest absolute Gasteiger partial charge is 0.141 e. The van der Waals surface area contributed by atoms with Gasteiger partial charge < -0.3 is 5.11 Å². The Balaban J connectivity index is 2.40. The van der Waals surface area contributed by atoms with E-state index in [2.05, 4.69) is 36.8 Å². The molecule has 2 rings (SSSR count). The van der Waals surface area contributed by atoms with E-state index in [-0.39, 0.29) is 0 Å². The van der Waals surface area contributed by atoms with Gasteiger partial charge in [-0.25, -0.2) is 4.39 Å². The quantitative estimate of drug-likeness (QED) is 0.882. The minimum atomic E-state index is -0.902. The van der Waals surface area contributed by atoms with Crippen LogP contribution >= 0.6 is 31.9 Å². The standard InChI is InChI=1S/C12H8Br2FNO/c13-8-1-2-10(11(14)4-8)12(17)7-3-9(15)6-16-5-7/h1-6,12,17H. The first kappa shape index (κ1) is 12.7. The maximum atomic E-state index is 13.0. The van der Waals surface area contributed by atoms with Crippen LogP contribution in [0, 0.1) is 5.82 Å². The minimum Gasteiger partial charge on any atom is -0.384 e. The molecule has 0 spiro atoms. The fourth-order valence-electron chi connectivity index (χ4n) is 1.48. The Hall–Kier alpha value is -0.780. The molecule has 0 amide bonds. The summed E-state index contributed by atoms with van der Waals surface area (Å²) in [6.45, 7) is 0. The fourth-order valence-corrected chi connectivity index (χ4v) is 2.74. The molecule has 88 valence electrons. The minimum absolute atomic E-state index is 0.424. The third kappa shape index (κ3) is 2.91. The SMILES string of the molecule is OC(c1cncc(F)c1)c1ccc(Br)cc1Br. The van der Waals surface area contributed by atoms with Gasteiger partial charge in [-0.1, -0.05) is 37.9 Å². The summed E-state index contributed by atoms with van der Waals surface area (Å²) < 4.78 is 14.7. The zero-order valence-electron chi connectivity index (χ0n) is 8.57. The molecule has 0 bridgehead atoms. The number of aromatic nitrogens is 1. The van der Waals surface area contributed by atoms with E-state index < -0.39 is 11.9 Å². The van der Waals surface area contributed by atoms with Crippen LogP contribution in [0.1, 0.15) is 17.2 Å². The van der Waals surface area contributed by atoms with Crippen LogP contribution in [0.25, 0.3) is 0 Å². The van der Waals surface area contributed by atoms with Gasteiger partial charge in [-0.3, -0.25) is 4.98 Å². The van der Waals surface area contributed by atoms with Gasteiger partial charge in [-0.05, 0) is 23.8 Å². The molecule has 0 aliphatic rings. The molecule has 17 heavy (non-hydrogen) atoms. The third-order valence-corrected chi connectivity index (χ3v) is 3.48. The van der Waals surface area contributed by atoms with Crippen LogP contribution in [0.15, 0.2) is 45.6 Å². The molecule has 0 aliphatic heterocycles. The summed E-state index contributed by atoms with van der Waals surface area (Å²) in [4.78, 5) is 3.72. The van der Waals surface area contributed by atoms with E-state index >= 15 is 0 Å². The second-order valence-electron chi connectivity index (χ2n) is 3.50. The Morgan fingerprint density at radius 3 is 2.59 bits per heavy atom. The van der Waals surface area contributed by atoms with Crippen molar-refractivity contribution in [2.24, 2.45) is 0 Å². The number of rotatable bonds is 2. The van der Waals surface area contributed by atoms with Crippen molar-refractivity contribution < 1.29 is 9.50 Å². The summed E-state index contributed by atoms with van der Waals surface area (Å²) in [5.74, 6) is -0.463. The topological polar surface area (TPSA) is 33.1 Å². The van der Waals surface area contributed by atoms with E-state index in [1.165, 1.54) is 12.3 Å². The summed E-state index contributed by atoms with van der Waals surface area (Å²) in [6, 6.07) is 6.68.